The molecule has 0 saturated heterocycles. The summed E-state index contributed by atoms with van der Waals surface area (Å²) in [6.07, 6.45) is 1.96. The van der Waals surface area contributed by atoms with Crippen molar-refractivity contribution in [3.63, 3.8) is 0 Å². The van der Waals surface area contributed by atoms with Crippen LogP contribution in [0.25, 0.3) is 0 Å². The number of carbonyl (C=O) groups is 2. The van der Waals surface area contributed by atoms with Crippen LogP contribution in [0, 0.1) is 11.8 Å². The number of rotatable bonds is 5. The molecule has 1 fully saturated rings. The zero-order valence-corrected chi connectivity index (χ0v) is 11.8. The Hall–Kier alpha value is -1.88. The van der Waals surface area contributed by atoms with Gasteiger partial charge in [0.05, 0.1) is 6.04 Å². The first-order valence-corrected chi connectivity index (χ1v) is 6.94. The number of nitrogens with one attached hydrogen (secondary N) is 2. The number of nitrogens with two attached hydrogens (primary N) is 1. The largest absolute Gasteiger partial charge is 0.326 e. The minimum absolute atomic E-state index is 0.0728. The van der Waals surface area contributed by atoms with E-state index in [-0.39, 0.29) is 23.7 Å². The smallest absolute Gasteiger partial charge is 0.241 e. The van der Waals surface area contributed by atoms with Crippen molar-refractivity contribution in [2.24, 2.45) is 17.6 Å². The van der Waals surface area contributed by atoms with Gasteiger partial charge in [0.25, 0.3) is 0 Å². The SMILES string of the molecule is CC(C)[C@H](N)C(=O)Nc1ccc(NC(=O)C2CC2)cc1. The van der Waals surface area contributed by atoms with Crippen molar-refractivity contribution < 1.29 is 9.59 Å². The molecule has 0 aliphatic heterocycles. The maximum atomic E-state index is 11.8. The van der Waals surface area contributed by atoms with Gasteiger partial charge in [-0.3, -0.25) is 9.59 Å². The molecule has 1 saturated carbocycles. The number of benzene rings is 1. The molecule has 108 valence electrons. The first kappa shape index (κ1) is 14.5. The fourth-order valence-corrected chi connectivity index (χ4v) is 1.76. The average Bonchev–Trinajstić information content (AvgIpc) is 3.24. The summed E-state index contributed by atoms with van der Waals surface area (Å²) in [5.74, 6) is 0.143. The van der Waals surface area contributed by atoms with E-state index in [1.807, 2.05) is 13.8 Å². The zero-order chi connectivity index (χ0) is 14.7. The molecule has 1 aromatic carbocycles. The van der Waals surface area contributed by atoms with Crippen molar-refractivity contribution in [1.82, 2.24) is 0 Å². The third-order valence-electron chi connectivity index (χ3n) is 3.39. The van der Waals surface area contributed by atoms with Crippen molar-refractivity contribution in [1.29, 1.82) is 0 Å². The predicted molar refractivity (Wildman–Crippen MR) is 79.2 cm³/mol. The molecule has 0 spiro atoms. The standard InChI is InChI=1S/C15H21N3O2/c1-9(2)13(16)15(20)18-12-7-5-11(6-8-12)17-14(19)10-3-4-10/h5-10,13H,3-4,16H2,1-2H3,(H,17,19)(H,18,20)/t13-/m0/s1. The van der Waals surface area contributed by atoms with Crippen molar-refractivity contribution in [2.75, 3.05) is 10.6 Å². The van der Waals surface area contributed by atoms with Crippen LogP contribution in [-0.2, 0) is 9.59 Å². The van der Waals surface area contributed by atoms with Crippen LogP contribution >= 0.6 is 0 Å². The predicted octanol–water partition coefficient (Wildman–Crippen LogP) is 1.96. The summed E-state index contributed by atoms with van der Waals surface area (Å²) in [5.41, 5.74) is 7.19. The highest BCUT2D eigenvalue weighted by atomic mass is 16.2. The van der Waals surface area contributed by atoms with Crippen LogP contribution in [-0.4, -0.2) is 17.9 Å². The summed E-state index contributed by atoms with van der Waals surface area (Å²) in [5, 5.41) is 5.61. The normalized spacial score (nSPS) is 15.8. The van der Waals surface area contributed by atoms with Gasteiger partial charge >= 0.3 is 0 Å². The molecule has 5 heteroatoms. The van der Waals surface area contributed by atoms with Gasteiger partial charge in [-0.15, -0.1) is 0 Å². The Labute approximate surface area is 118 Å². The number of amides is 2. The Morgan fingerprint density at radius 2 is 1.60 bits per heavy atom. The Balaban J connectivity index is 1.90. The highest BCUT2D eigenvalue weighted by molar-refractivity contribution is 5.96. The second-order valence-corrected chi connectivity index (χ2v) is 5.60. The molecule has 4 N–H and O–H groups in total. The van der Waals surface area contributed by atoms with Gasteiger partial charge in [-0.25, -0.2) is 0 Å². The number of hydrogen-bond donors (Lipinski definition) is 3. The number of carbonyl (C=O) groups excluding carboxylic acids is 2. The van der Waals surface area contributed by atoms with Crippen LogP contribution in [0.4, 0.5) is 11.4 Å². The van der Waals surface area contributed by atoms with Gasteiger partial charge < -0.3 is 16.4 Å². The minimum Gasteiger partial charge on any atom is -0.326 e. The molecule has 1 aliphatic carbocycles. The van der Waals surface area contributed by atoms with Crippen molar-refractivity contribution in [3.8, 4) is 0 Å². The Morgan fingerprint density at radius 3 is 2.05 bits per heavy atom. The summed E-state index contributed by atoms with van der Waals surface area (Å²) in [4.78, 5) is 23.4. The van der Waals surface area contributed by atoms with Crippen molar-refractivity contribution in [2.45, 2.75) is 32.7 Å². The van der Waals surface area contributed by atoms with E-state index in [9.17, 15) is 9.59 Å². The molecule has 0 radical (unpaired) electrons. The molecule has 1 aliphatic rings. The van der Waals surface area contributed by atoms with Gasteiger partial charge in [0.15, 0.2) is 0 Å². The van der Waals surface area contributed by atoms with Crippen LogP contribution in [0.3, 0.4) is 0 Å². The van der Waals surface area contributed by atoms with Gasteiger partial charge in [-0.05, 0) is 43.0 Å². The summed E-state index contributed by atoms with van der Waals surface area (Å²) in [6, 6.07) is 6.54. The molecular formula is C15H21N3O2. The third kappa shape index (κ3) is 3.81. The Kier molecular flexibility index (Phi) is 4.39. The molecule has 0 bridgehead atoms. The van der Waals surface area contributed by atoms with E-state index in [1.165, 1.54) is 0 Å². The summed E-state index contributed by atoms with van der Waals surface area (Å²) < 4.78 is 0. The Bertz CT molecular complexity index is 492. The zero-order valence-electron chi connectivity index (χ0n) is 11.8. The summed E-state index contributed by atoms with van der Waals surface area (Å²) >= 11 is 0. The van der Waals surface area contributed by atoms with Crippen LogP contribution in [0.15, 0.2) is 24.3 Å². The second kappa shape index (κ2) is 6.05. The molecule has 0 aromatic heterocycles. The molecule has 0 unspecified atom stereocenters. The van der Waals surface area contributed by atoms with E-state index in [1.54, 1.807) is 24.3 Å². The molecule has 2 amide bonds. The second-order valence-electron chi connectivity index (χ2n) is 5.60. The van der Waals surface area contributed by atoms with Crippen LogP contribution in [0.1, 0.15) is 26.7 Å². The minimum atomic E-state index is -0.524. The van der Waals surface area contributed by atoms with Gasteiger partial charge in [0.1, 0.15) is 0 Å². The quantitative estimate of drug-likeness (QED) is 0.768. The lowest BCUT2D eigenvalue weighted by atomic mass is 10.0. The van der Waals surface area contributed by atoms with Crippen LogP contribution in [0.2, 0.25) is 0 Å². The Morgan fingerprint density at radius 1 is 1.10 bits per heavy atom. The fourth-order valence-electron chi connectivity index (χ4n) is 1.76. The van der Waals surface area contributed by atoms with Crippen LogP contribution < -0.4 is 16.4 Å². The monoisotopic (exact) mass is 275 g/mol. The number of anilines is 2. The molecule has 1 aromatic rings. The molecule has 20 heavy (non-hydrogen) atoms. The van der Waals surface area contributed by atoms with E-state index >= 15 is 0 Å². The van der Waals surface area contributed by atoms with E-state index in [0.717, 1.165) is 18.5 Å². The van der Waals surface area contributed by atoms with Gasteiger partial charge in [0.2, 0.25) is 11.8 Å². The topological polar surface area (TPSA) is 84.2 Å². The lowest BCUT2D eigenvalue weighted by Crippen LogP contribution is -2.39. The number of hydrogen-bond acceptors (Lipinski definition) is 3. The highest BCUT2D eigenvalue weighted by Gasteiger charge is 2.29. The first-order valence-electron chi connectivity index (χ1n) is 6.94. The summed E-state index contributed by atoms with van der Waals surface area (Å²) in [7, 11) is 0. The van der Waals surface area contributed by atoms with Gasteiger partial charge in [-0.1, -0.05) is 13.8 Å². The lowest BCUT2D eigenvalue weighted by Gasteiger charge is -2.15. The molecular weight excluding hydrogens is 254 g/mol. The van der Waals surface area contributed by atoms with E-state index in [4.69, 9.17) is 5.73 Å². The lowest BCUT2D eigenvalue weighted by molar-refractivity contribution is -0.118. The molecule has 0 heterocycles. The van der Waals surface area contributed by atoms with Crippen LogP contribution in [0.5, 0.6) is 0 Å². The molecule has 2 rings (SSSR count). The van der Waals surface area contributed by atoms with Gasteiger partial charge in [0, 0.05) is 17.3 Å². The van der Waals surface area contributed by atoms with Gasteiger partial charge in [-0.2, -0.15) is 0 Å². The highest BCUT2D eigenvalue weighted by Crippen LogP contribution is 2.30. The third-order valence-corrected chi connectivity index (χ3v) is 3.39. The van der Waals surface area contributed by atoms with E-state index < -0.39 is 6.04 Å². The average molecular weight is 275 g/mol. The maximum Gasteiger partial charge on any atom is 0.241 e. The van der Waals surface area contributed by atoms with Crippen molar-refractivity contribution in [3.05, 3.63) is 24.3 Å². The van der Waals surface area contributed by atoms with Crippen molar-refractivity contribution >= 4 is 23.2 Å². The fraction of sp³-hybridized carbons (Fsp3) is 0.467. The summed E-state index contributed by atoms with van der Waals surface area (Å²) in [6.45, 7) is 3.81. The maximum absolute atomic E-state index is 11.8. The van der Waals surface area contributed by atoms with E-state index in [2.05, 4.69) is 10.6 Å². The molecule has 1 atom stereocenters. The molecule has 5 nitrogen and oxygen atoms in total. The van der Waals surface area contributed by atoms with E-state index in [0.29, 0.717) is 5.69 Å². The first-order chi connectivity index (χ1) is 9.47.